The summed E-state index contributed by atoms with van der Waals surface area (Å²) in [5, 5.41) is 2.51. The Hall–Kier alpha value is -10.4. The number of nitrogens with zero attached hydrogens (tertiary/aromatic N) is 5. The molecule has 11 aromatic rings. The monoisotopic (exact) mass is 1070 g/mol. The van der Waals surface area contributed by atoms with Crippen LogP contribution in [0.25, 0.3) is 38.5 Å². The molecule has 2 unspecified atom stereocenters. The van der Waals surface area contributed by atoms with Gasteiger partial charge in [0.05, 0.1) is 12.1 Å². The van der Waals surface area contributed by atoms with Gasteiger partial charge in [-0.3, -0.25) is 0 Å². The molecule has 1 aromatic heterocycles. The van der Waals surface area contributed by atoms with Gasteiger partial charge in [0.2, 0.25) is 0 Å². The van der Waals surface area contributed by atoms with Crippen molar-refractivity contribution in [2.75, 3.05) is 19.6 Å². The van der Waals surface area contributed by atoms with Crippen molar-refractivity contribution >= 4 is 78.6 Å². The van der Waals surface area contributed by atoms with Gasteiger partial charge < -0.3 is 24.2 Å². The van der Waals surface area contributed by atoms with Gasteiger partial charge in [-0.15, -0.1) is 0 Å². The highest BCUT2D eigenvalue weighted by Gasteiger charge is 2.28. The second-order valence-corrected chi connectivity index (χ2v) is 21.6. The molecule has 0 radical (unpaired) electrons. The first-order chi connectivity index (χ1) is 41.2. The topological polar surface area (TPSA) is 17.9 Å². The molecule has 1 heterocycles. The van der Waals surface area contributed by atoms with Crippen LogP contribution in [0.4, 0.5) is 51.2 Å². The van der Waals surface area contributed by atoms with Crippen molar-refractivity contribution in [3.63, 3.8) is 0 Å². The summed E-state index contributed by atoms with van der Waals surface area (Å²) in [7, 11) is 0. The Morgan fingerprint density at radius 2 is 0.831 bits per heavy atom. The molecule has 3 aliphatic rings. The summed E-state index contributed by atoms with van der Waals surface area (Å²) in [4.78, 5) is 9.72. The summed E-state index contributed by atoms with van der Waals surface area (Å²) >= 11 is 0. The second-order valence-electron chi connectivity index (χ2n) is 21.6. The SMILES string of the molecule is C1=CCC(n2c3ccc(C4=CCCC(N(c5ccccc5)C5C=CC=C(N(c6ccccc6)c6ccccc6)C5)=C4)cc3c3cc(-c4cccc(N(c5ccccc5)c5cccc(N(c6ccccc6)c6ccccc6)c5)c4)ccc32)C=C1. The molecular weight excluding hydrogens is 1010 g/mol. The van der Waals surface area contributed by atoms with Crippen LogP contribution in [0.15, 0.2) is 333 Å². The summed E-state index contributed by atoms with van der Waals surface area (Å²) < 4.78 is 2.56. The Morgan fingerprint density at radius 3 is 1.39 bits per heavy atom. The second kappa shape index (κ2) is 23.0. The maximum absolute atomic E-state index is 2.60. The molecule has 400 valence electrons. The number of hydrogen-bond donors (Lipinski definition) is 0. The van der Waals surface area contributed by atoms with Gasteiger partial charge in [0, 0.05) is 90.8 Å². The molecule has 0 saturated heterocycles. The molecule has 10 aromatic carbocycles. The van der Waals surface area contributed by atoms with Crippen LogP contribution in [0, 0.1) is 0 Å². The van der Waals surface area contributed by atoms with Crippen molar-refractivity contribution in [2.45, 2.75) is 37.8 Å². The van der Waals surface area contributed by atoms with Crippen molar-refractivity contribution in [1.29, 1.82) is 0 Å². The lowest BCUT2D eigenvalue weighted by Gasteiger charge is -2.39. The van der Waals surface area contributed by atoms with Gasteiger partial charge in [-0.25, -0.2) is 0 Å². The van der Waals surface area contributed by atoms with Gasteiger partial charge in [0.25, 0.3) is 0 Å². The molecule has 0 bridgehead atoms. The van der Waals surface area contributed by atoms with Crippen LogP contribution in [0.5, 0.6) is 0 Å². The van der Waals surface area contributed by atoms with Crippen LogP contribution in [0.1, 0.15) is 37.3 Å². The zero-order valence-electron chi connectivity index (χ0n) is 46.3. The van der Waals surface area contributed by atoms with Crippen molar-refractivity contribution in [3.05, 3.63) is 339 Å². The number of fused-ring (bicyclic) bond motifs is 3. The molecule has 83 heavy (non-hydrogen) atoms. The summed E-state index contributed by atoms with van der Waals surface area (Å²) in [5.74, 6) is 0. The summed E-state index contributed by atoms with van der Waals surface area (Å²) in [6.07, 6.45) is 24.6. The minimum absolute atomic E-state index is 0.0995. The van der Waals surface area contributed by atoms with E-state index in [4.69, 9.17) is 0 Å². The molecule has 0 fully saturated rings. The number of anilines is 9. The third kappa shape index (κ3) is 10.3. The molecule has 5 heteroatoms. The highest BCUT2D eigenvalue weighted by Crippen LogP contribution is 2.44. The molecule has 0 saturated carbocycles. The van der Waals surface area contributed by atoms with Gasteiger partial charge in [0.1, 0.15) is 0 Å². The van der Waals surface area contributed by atoms with Crippen LogP contribution in [0.2, 0.25) is 0 Å². The molecule has 0 amide bonds. The van der Waals surface area contributed by atoms with Gasteiger partial charge in [0.15, 0.2) is 0 Å². The quantitative estimate of drug-likeness (QED) is 0.102. The minimum Gasteiger partial charge on any atom is -0.338 e. The fourth-order valence-corrected chi connectivity index (χ4v) is 12.6. The van der Waals surface area contributed by atoms with E-state index in [0.717, 1.165) is 76.7 Å². The van der Waals surface area contributed by atoms with Crippen LogP contribution < -0.4 is 19.6 Å². The van der Waals surface area contributed by atoms with Gasteiger partial charge in [-0.05, 0) is 181 Å². The molecule has 0 N–H and O–H groups in total. The summed E-state index contributed by atoms with van der Waals surface area (Å²) in [5.41, 5.74) is 19.9. The standard InChI is InChI=1S/C78H63N5/c1-8-28-62(29-9-1)79(63-30-10-2-11-31-63)71-44-24-46-73(56-71)81(66-36-16-5-17-37-66)69-42-22-26-58(52-69)60-48-50-77-75(54-60)76-55-61(49-51-78(76)83(77)68-40-20-7-21-41-68)59-27-23-43-70(53-59)82(67-38-18-6-19-39-67)74-47-25-45-72(57-74)80(64-32-12-3-13-33-64)65-34-14-4-15-35-65/h1-22,24-40,42,44-56,68,74H,23,41,43,57H2. The smallest absolute Gasteiger partial charge is 0.0576 e. The van der Waals surface area contributed by atoms with E-state index in [1.165, 1.54) is 55.6 Å². The lowest BCUT2D eigenvalue weighted by molar-refractivity contribution is 0.648. The minimum atomic E-state index is 0.0995. The molecule has 3 aliphatic carbocycles. The maximum Gasteiger partial charge on any atom is 0.0576 e. The predicted octanol–water partition coefficient (Wildman–Crippen LogP) is 21.1. The number of benzene rings is 10. The van der Waals surface area contributed by atoms with E-state index in [1.807, 2.05) is 0 Å². The average molecular weight is 1070 g/mol. The molecule has 5 nitrogen and oxygen atoms in total. The van der Waals surface area contributed by atoms with E-state index >= 15 is 0 Å². The van der Waals surface area contributed by atoms with Crippen LogP contribution in [-0.4, -0.2) is 10.6 Å². The molecule has 2 atom stereocenters. The van der Waals surface area contributed by atoms with E-state index < -0.39 is 0 Å². The van der Waals surface area contributed by atoms with E-state index in [9.17, 15) is 0 Å². The highest BCUT2D eigenvalue weighted by molar-refractivity contribution is 6.10. The number of hydrogen-bond acceptors (Lipinski definition) is 4. The van der Waals surface area contributed by atoms with E-state index in [-0.39, 0.29) is 12.1 Å². The van der Waals surface area contributed by atoms with Crippen LogP contribution in [-0.2, 0) is 0 Å². The van der Waals surface area contributed by atoms with Crippen LogP contribution in [0.3, 0.4) is 0 Å². The van der Waals surface area contributed by atoms with Crippen molar-refractivity contribution in [1.82, 2.24) is 4.57 Å². The number of allylic oxidation sites excluding steroid dienone is 10. The Morgan fingerprint density at radius 1 is 0.361 bits per heavy atom. The lowest BCUT2D eigenvalue weighted by Crippen LogP contribution is -2.37. The average Bonchev–Trinajstić information content (AvgIpc) is 3.39. The van der Waals surface area contributed by atoms with Crippen molar-refractivity contribution in [3.8, 4) is 11.1 Å². The van der Waals surface area contributed by atoms with Gasteiger partial charge in [-0.2, -0.15) is 0 Å². The van der Waals surface area contributed by atoms with Gasteiger partial charge in [-0.1, -0.05) is 182 Å². The van der Waals surface area contributed by atoms with Crippen molar-refractivity contribution < 1.29 is 0 Å². The Kier molecular flexibility index (Phi) is 14.1. The molecule has 0 aliphatic heterocycles. The normalized spacial score (nSPS) is 15.6. The van der Waals surface area contributed by atoms with Gasteiger partial charge >= 0.3 is 0 Å². The molecular formula is C78H63N5. The zero-order chi connectivity index (χ0) is 55.3. The first-order valence-corrected chi connectivity index (χ1v) is 29.1. The molecule has 14 rings (SSSR count). The van der Waals surface area contributed by atoms with E-state index in [1.54, 1.807) is 0 Å². The third-order valence-corrected chi connectivity index (χ3v) is 16.4. The summed E-state index contributed by atoms with van der Waals surface area (Å²) in [6, 6.07) is 97.1. The lowest BCUT2D eigenvalue weighted by atomic mass is 9.93. The largest absolute Gasteiger partial charge is 0.338 e. The Bertz CT molecular complexity index is 4190. The maximum atomic E-state index is 2.60. The first kappa shape index (κ1) is 50.8. The predicted molar refractivity (Wildman–Crippen MR) is 351 cm³/mol. The Balaban J connectivity index is 0.834. The zero-order valence-corrected chi connectivity index (χ0v) is 46.3. The first-order valence-electron chi connectivity index (χ1n) is 29.1. The van der Waals surface area contributed by atoms with E-state index in [0.29, 0.717) is 0 Å². The highest BCUT2D eigenvalue weighted by atomic mass is 15.2. The summed E-state index contributed by atoms with van der Waals surface area (Å²) in [6.45, 7) is 0. The third-order valence-electron chi connectivity index (χ3n) is 16.4. The van der Waals surface area contributed by atoms with E-state index in [2.05, 4.69) is 346 Å². The van der Waals surface area contributed by atoms with Crippen molar-refractivity contribution in [2.24, 2.45) is 0 Å². The molecule has 0 spiro atoms. The fourth-order valence-electron chi connectivity index (χ4n) is 12.6. The van der Waals surface area contributed by atoms with Crippen LogP contribution >= 0.6 is 0 Å². The number of para-hydroxylation sites is 6. The number of aromatic nitrogens is 1. The fraction of sp³-hybridized carbons (Fsp3) is 0.0769. The number of rotatable bonds is 15. The Labute approximate surface area is 487 Å².